The highest BCUT2D eigenvalue weighted by molar-refractivity contribution is 5.71. The minimum Gasteiger partial charge on any atom is -0.357 e. The fourth-order valence-electron chi connectivity index (χ4n) is 3.31. The molecule has 0 spiro atoms. The Labute approximate surface area is 143 Å². The number of pyridine rings is 1. The summed E-state index contributed by atoms with van der Waals surface area (Å²) < 4.78 is 13.3. The molecule has 0 atom stereocenters. The van der Waals surface area contributed by atoms with Gasteiger partial charge in [-0.05, 0) is 67.1 Å². The summed E-state index contributed by atoms with van der Waals surface area (Å²) in [5.41, 5.74) is 4.81. The van der Waals surface area contributed by atoms with Gasteiger partial charge in [0.15, 0.2) is 0 Å². The average Bonchev–Trinajstić information content (AvgIpc) is 2.56. The summed E-state index contributed by atoms with van der Waals surface area (Å²) in [4.78, 5) is 4.87. The molecule has 1 aliphatic carbocycles. The Balaban J connectivity index is 2.00. The van der Waals surface area contributed by atoms with Crippen molar-refractivity contribution < 1.29 is 4.39 Å². The van der Waals surface area contributed by atoms with Crippen LogP contribution in [0.3, 0.4) is 0 Å². The minimum atomic E-state index is -0.193. The lowest BCUT2D eigenvalue weighted by Crippen LogP contribution is -2.22. The molecule has 1 heterocycles. The molecule has 0 radical (unpaired) electrons. The molecule has 0 bridgehead atoms. The third-order valence-electron chi connectivity index (χ3n) is 4.60. The van der Waals surface area contributed by atoms with E-state index in [1.165, 1.54) is 54.6 Å². The average molecular weight is 327 g/mol. The van der Waals surface area contributed by atoms with Crippen LogP contribution in [0.2, 0.25) is 0 Å². The molecule has 2 aromatic rings. The highest BCUT2D eigenvalue weighted by Gasteiger charge is 2.16. The fourth-order valence-corrected chi connectivity index (χ4v) is 3.31. The van der Waals surface area contributed by atoms with Crippen molar-refractivity contribution in [2.75, 3.05) is 18.5 Å². The molecule has 24 heavy (non-hydrogen) atoms. The highest BCUT2D eigenvalue weighted by Crippen LogP contribution is 2.32. The summed E-state index contributed by atoms with van der Waals surface area (Å²) in [5, 5.41) is 6.62. The van der Waals surface area contributed by atoms with Crippen LogP contribution < -0.4 is 10.6 Å². The Hall–Kier alpha value is -1.94. The van der Waals surface area contributed by atoms with E-state index in [9.17, 15) is 4.39 Å². The van der Waals surface area contributed by atoms with Gasteiger partial charge in [0.2, 0.25) is 0 Å². The van der Waals surface area contributed by atoms with Crippen LogP contribution >= 0.6 is 0 Å². The SMILES string of the molecule is CCNCNc1cc(-c2ccc(F)cc2)c2c(n1)CCCCCC2. The van der Waals surface area contributed by atoms with E-state index in [0.717, 1.165) is 30.8 Å². The van der Waals surface area contributed by atoms with Crippen molar-refractivity contribution in [3.05, 3.63) is 47.4 Å². The number of benzene rings is 1. The summed E-state index contributed by atoms with van der Waals surface area (Å²) in [5.74, 6) is 0.704. The van der Waals surface area contributed by atoms with Crippen LogP contribution in [0, 0.1) is 5.82 Å². The number of aromatic nitrogens is 1. The molecule has 3 rings (SSSR count). The molecule has 4 heteroatoms. The zero-order chi connectivity index (χ0) is 16.8. The van der Waals surface area contributed by atoms with Crippen molar-refractivity contribution in [1.29, 1.82) is 0 Å². The molecular weight excluding hydrogens is 301 g/mol. The summed E-state index contributed by atoms with van der Waals surface area (Å²) in [6.45, 7) is 3.70. The van der Waals surface area contributed by atoms with Crippen LogP contribution in [0.15, 0.2) is 30.3 Å². The number of fused-ring (bicyclic) bond motifs is 1. The largest absolute Gasteiger partial charge is 0.357 e. The van der Waals surface area contributed by atoms with Gasteiger partial charge in [-0.3, -0.25) is 0 Å². The van der Waals surface area contributed by atoms with Crippen molar-refractivity contribution in [2.45, 2.75) is 45.4 Å². The van der Waals surface area contributed by atoms with Gasteiger partial charge in [-0.2, -0.15) is 0 Å². The van der Waals surface area contributed by atoms with Gasteiger partial charge >= 0.3 is 0 Å². The number of halogens is 1. The lowest BCUT2D eigenvalue weighted by Gasteiger charge is -2.19. The number of anilines is 1. The van der Waals surface area contributed by atoms with Crippen LogP contribution in [-0.2, 0) is 12.8 Å². The second-order valence-corrected chi connectivity index (χ2v) is 6.36. The van der Waals surface area contributed by atoms with E-state index in [-0.39, 0.29) is 5.82 Å². The van der Waals surface area contributed by atoms with E-state index < -0.39 is 0 Å². The number of aryl methyl sites for hydroxylation is 1. The molecule has 1 aliphatic rings. The van der Waals surface area contributed by atoms with E-state index in [1.54, 1.807) is 0 Å². The maximum absolute atomic E-state index is 13.3. The number of nitrogens with one attached hydrogen (secondary N) is 2. The first-order valence-corrected chi connectivity index (χ1v) is 9.01. The monoisotopic (exact) mass is 327 g/mol. The topological polar surface area (TPSA) is 37.0 Å². The number of rotatable bonds is 5. The molecular formula is C20H26FN3. The predicted molar refractivity (Wildman–Crippen MR) is 97.7 cm³/mol. The van der Waals surface area contributed by atoms with Crippen molar-refractivity contribution in [3.8, 4) is 11.1 Å². The summed E-state index contributed by atoms with van der Waals surface area (Å²) in [6.07, 6.45) is 7.04. The first-order chi connectivity index (χ1) is 11.8. The second-order valence-electron chi connectivity index (χ2n) is 6.36. The molecule has 0 saturated carbocycles. The Bertz CT molecular complexity index is 667. The maximum Gasteiger partial charge on any atom is 0.127 e. The third-order valence-corrected chi connectivity index (χ3v) is 4.60. The van der Waals surface area contributed by atoms with Crippen molar-refractivity contribution in [2.24, 2.45) is 0 Å². The van der Waals surface area contributed by atoms with Crippen LogP contribution in [0.1, 0.15) is 43.9 Å². The van der Waals surface area contributed by atoms with Crippen LogP contribution in [-0.4, -0.2) is 18.2 Å². The zero-order valence-electron chi connectivity index (χ0n) is 14.4. The van der Waals surface area contributed by atoms with Crippen LogP contribution in [0.25, 0.3) is 11.1 Å². The van der Waals surface area contributed by atoms with Gasteiger partial charge in [0.25, 0.3) is 0 Å². The molecule has 0 aliphatic heterocycles. The van der Waals surface area contributed by atoms with Crippen molar-refractivity contribution >= 4 is 5.82 Å². The fraction of sp³-hybridized carbons (Fsp3) is 0.450. The molecule has 2 N–H and O–H groups in total. The zero-order valence-corrected chi connectivity index (χ0v) is 14.4. The van der Waals surface area contributed by atoms with E-state index in [1.807, 2.05) is 12.1 Å². The Morgan fingerprint density at radius 3 is 2.54 bits per heavy atom. The molecule has 3 nitrogen and oxygen atoms in total. The first kappa shape index (κ1) is 16.9. The van der Waals surface area contributed by atoms with Gasteiger partial charge in [-0.1, -0.05) is 31.9 Å². The van der Waals surface area contributed by atoms with E-state index >= 15 is 0 Å². The number of nitrogens with zero attached hydrogens (tertiary/aromatic N) is 1. The second kappa shape index (κ2) is 8.25. The number of hydrogen-bond donors (Lipinski definition) is 2. The number of hydrogen-bond acceptors (Lipinski definition) is 3. The lowest BCUT2D eigenvalue weighted by atomic mass is 9.90. The molecule has 0 saturated heterocycles. The molecule has 1 aromatic heterocycles. The summed E-state index contributed by atoms with van der Waals surface area (Å²) in [7, 11) is 0. The highest BCUT2D eigenvalue weighted by atomic mass is 19.1. The minimum absolute atomic E-state index is 0.193. The molecule has 0 amide bonds. The van der Waals surface area contributed by atoms with Crippen molar-refractivity contribution in [3.63, 3.8) is 0 Å². The van der Waals surface area contributed by atoms with Gasteiger partial charge in [-0.25, -0.2) is 9.37 Å². The third kappa shape index (κ3) is 4.12. The van der Waals surface area contributed by atoms with Gasteiger partial charge in [0.05, 0.1) is 6.67 Å². The van der Waals surface area contributed by atoms with E-state index in [0.29, 0.717) is 6.67 Å². The van der Waals surface area contributed by atoms with E-state index in [4.69, 9.17) is 4.98 Å². The Morgan fingerprint density at radius 1 is 1.04 bits per heavy atom. The Morgan fingerprint density at radius 2 is 1.79 bits per heavy atom. The van der Waals surface area contributed by atoms with Crippen molar-refractivity contribution in [1.82, 2.24) is 10.3 Å². The van der Waals surface area contributed by atoms with Crippen LogP contribution in [0.4, 0.5) is 10.2 Å². The van der Waals surface area contributed by atoms with Gasteiger partial charge in [0.1, 0.15) is 11.6 Å². The molecule has 128 valence electrons. The molecule has 0 unspecified atom stereocenters. The lowest BCUT2D eigenvalue weighted by molar-refractivity contribution is 0.609. The van der Waals surface area contributed by atoms with Gasteiger partial charge in [0, 0.05) is 5.69 Å². The standard InChI is InChI=1S/C20H26FN3/c1-2-22-14-23-20-13-18(15-9-11-16(21)12-10-15)17-7-5-3-4-6-8-19(17)24-20/h9-13,22H,2-8,14H2,1H3,(H,23,24). The quantitative estimate of drug-likeness (QED) is 0.626. The first-order valence-electron chi connectivity index (χ1n) is 9.01. The molecule has 0 fully saturated rings. The van der Waals surface area contributed by atoms with Crippen LogP contribution in [0.5, 0.6) is 0 Å². The van der Waals surface area contributed by atoms with Gasteiger partial charge in [-0.15, -0.1) is 0 Å². The smallest absolute Gasteiger partial charge is 0.127 e. The maximum atomic E-state index is 13.3. The summed E-state index contributed by atoms with van der Waals surface area (Å²) >= 11 is 0. The summed E-state index contributed by atoms with van der Waals surface area (Å²) in [6, 6.07) is 8.94. The normalized spacial score (nSPS) is 14.6. The predicted octanol–water partition coefficient (Wildman–Crippen LogP) is 4.53. The van der Waals surface area contributed by atoms with Gasteiger partial charge < -0.3 is 10.6 Å². The Kier molecular flexibility index (Phi) is 5.81. The van der Waals surface area contributed by atoms with E-state index in [2.05, 4.69) is 23.6 Å². The molecule has 1 aromatic carbocycles.